The van der Waals surface area contributed by atoms with Crippen molar-refractivity contribution in [1.82, 2.24) is 4.98 Å². The Morgan fingerprint density at radius 3 is 2.68 bits per heavy atom. The van der Waals surface area contributed by atoms with Gasteiger partial charge in [-0.1, -0.05) is 24.3 Å². The van der Waals surface area contributed by atoms with Crippen molar-refractivity contribution in [3.8, 4) is 16.9 Å². The average Bonchev–Trinajstić information content (AvgIpc) is 3.33. The number of aromatic hydroxyl groups is 1. The number of aromatic nitrogens is 1. The molecule has 0 aliphatic heterocycles. The molecule has 5 heteroatoms. The van der Waals surface area contributed by atoms with Gasteiger partial charge in [-0.05, 0) is 66.3 Å². The monoisotopic (exact) mass is 390 g/mol. The second-order valence-electron chi connectivity index (χ2n) is 7.85. The first kappa shape index (κ1) is 17.5. The Morgan fingerprint density at radius 1 is 1.18 bits per heavy atom. The van der Waals surface area contributed by atoms with E-state index in [4.69, 9.17) is 5.73 Å². The molecule has 2 aromatic heterocycles. The number of nitrogens with two attached hydrogens (primary N) is 1. The molecule has 4 N–H and O–H groups in total. The zero-order valence-electron chi connectivity index (χ0n) is 15.7. The van der Waals surface area contributed by atoms with E-state index < -0.39 is 0 Å². The molecule has 1 fully saturated rings. The van der Waals surface area contributed by atoms with Gasteiger partial charge in [0, 0.05) is 22.4 Å². The van der Waals surface area contributed by atoms with Crippen molar-refractivity contribution in [3.05, 3.63) is 63.3 Å². The molecule has 28 heavy (non-hydrogen) atoms. The zero-order valence-corrected chi connectivity index (χ0v) is 16.5. The molecule has 2 heterocycles. The van der Waals surface area contributed by atoms with Crippen LogP contribution in [-0.2, 0) is 0 Å². The summed E-state index contributed by atoms with van der Waals surface area (Å²) < 4.78 is 0.690. The third-order valence-corrected chi connectivity index (χ3v) is 6.94. The minimum atomic E-state index is -0.0786. The summed E-state index contributed by atoms with van der Waals surface area (Å²) in [6.45, 7) is 1.91. The van der Waals surface area contributed by atoms with Gasteiger partial charge in [0.05, 0.1) is 5.52 Å². The van der Waals surface area contributed by atoms with Crippen LogP contribution in [0.1, 0.15) is 36.3 Å². The molecule has 1 aliphatic carbocycles. The molecule has 1 aliphatic rings. The molecule has 2 unspecified atom stereocenters. The molecule has 0 amide bonds. The molecule has 4 nitrogen and oxygen atoms in total. The first-order valence-electron chi connectivity index (χ1n) is 9.64. The number of hydrogen-bond acceptors (Lipinski definition) is 4. The lowest BCUT2D eigenvalue weighted by Crippen LogP contribution is -2.14. The van der Waals surface area contributed by atoms with Crippen LogP contribution in [-0.4, -0.2) is 16.1 Å². The molecule has 2 atom stereocenters. The van der Waals surface area contributed by atoms with Crippen molar-refractivity contribution in [3.63, 3.8) is 0 Å². The van der Waals surface area contributed by atoms with Crippen LogP contribution in [0.2, 0.25) is 0 Å². The minimum absolute atomic E-state index is 0.0786. The Bertz CT molecular complexity index is 1250. The maximum atomic E-state index is 12.4. The molecule has 0 bridgehead atoms. The van der Waals surface area contributed by atoms with Gasteiger partial charge in [0.15, 0.2) is 0 Å². The molecule has 5 rings (SSSR count). The third-order valence-electron chi connectivity index (χ3n) is 6.03. The minimum Gasteiger partial charge on any atom is -0.507 e. The molecule has 0 saturated heterocycles. The average molecular weight is 391 g/mol. The van der Waals surface area contributed by atoms with Gasteiger partial charge >= 0.3 is 0 Å². The topological polar surface area (TPSA) is 79.1 Å². The van der Waals surface area contributed by atoms with Gasteiger partial charge in [-0.15, -0.1) is 11.3 Å². The van der Waals surface area contributed by atoms with E-state index in [-0.39, 0.29) is 11.3 Å². The van der Waals surface area contributed by atoms with Crippen LogP contribution in [0.15, 0.2) is 46.6 Å². The molecular weight excluding hydrogens is 368 g/mol. The van der Waals surface area contributed by atoms with E-state index in [1.807, 2.05) is 18.4 Å². The van der Waals surface area contributed by atoms with Gasteiger partial charge in [-0.3, -0.25) is 4.79 Å². The van der Waals surface area contributed by atoms with Crippen LogP contribution in [0.3, 0.4) is 0 Å². The number of nitrogens with one attached hydrogen (secondary N) is 1. The molecule has 1 saturated carbocycles. The summed E-state index contributed by atoms with van der Waals surface area (Å²) in [7, 11) is 0. The second-order valence-corrected chi connectivity index (χ2v) is 8.76. The number of thiophene rings is 1. The number of fused-ring (bicyclic) bond motifs is 3. The Morgan fingerprint density at radius 2 is 1.96 bits per heavy atom. The number of pyridine rings is 1. The molecular formula is C23H22N2O2S. The molecule has 142 valence electrons. The lowest BCUT2D eigenvalue weighted by molar-refractivity contribution is 0.477. The van der Waals surface area contributed by atoms with Crippen molar-refractivity contribution in [1.29, 1.82) is 0 Å². The maximum Gasteiger partial charge on any atom is 0.266 e. The number of phenolic OH excluding ortho intramolecular Hbond substituents is 1. The Kier molecular flexibility index (Phi) is 4.03. The van der Waals surface area contributed by atoms with E-state index in [0.717, 1.165) is 52.2 Å². The highest BCUT2D eigenvalue weighted by atomic mass is 32.1. The highest BCUT2D eigenvalue weighted by Crippen LogP contribution is 2.42. The fraction of sp³-hybridized carbons (Fsp3) is 0.261. The van der Waals surface area contributed by atoms with Crippen LogP contribution >= 0.6 is 11.3 Å². The molecule has 0 radical (unpaired) electrons. The number of benzene rings is 2. The van der Waals surface area contributed by atoms with Crippen LogP contribution in [0, 0.1) is 6.92 Å². The summed E-state index contributed by atoms with van der Waals surface area (Å²) in [5, 5.41) is 14.5. The van der Waals surface area contributed by atoms with Crippen molar-refractivity contribution in [2.24, 2.45) is 5.73 Å². The quantitative estimate of drug-likeness (QED) is 0.450. The van der Waals surface area contributed by atoms with Crippen LogP contribution in [0.5, 0.6) is 5.75 Å². The number of phenols is 1. The fourth-order valence-electron chi connectivity index (χ4n) is 4.62. The lowest BCUT2D eigenvalue weighted by atomic mass is 9.92. The summed E-state index contributed by atoms with van der Waals surface area (Å²) in [6.07, 6.45) is 3.25. The summed E-state index contributed by atoms with van der Waals surface area (Å²) >= 11 is 1.43. The largest absolute Gasteiger partial charge is 0.507 e. The Hall–Kier alpha value is -2.63. The summed E-state index contributed by atoms with van der Waals surface area (Å²) in [5.74, 6) is 0.757. The maximum absolute atomic E-state index is 12.4. The number of aromatic amines is 1. The van der Waals surface area contributed by atoms with Gasteiger partial charge in [0.1, 0.15) is 10.4 Å². The van der Waals surface area contributed by atoms with Crippen LogP contribution in [0.4, 0.5) is 0 Å². The fourth-order valence-corrected chi connectivity index (χ4v) is 5.41. The van der Waals surface area contributed by atoms with E-state index in [2.05, 4.69) is 29.2 Å². The van der Waals surface area contributed by atoms with Gasteiger partial charge in [-0.2, -0.15) is 0 Å². The van der Waals surface area contributed by atoms with E-state index in [1.165, 1.54) is 16.9 Å². The number of aryl methyl sites for hydroxylation is 1. The smallest absolute Gasteiger partial charge is 0.266 e. The normalized spacial score (nSPS) is 19.6. The predicted octanol–water partition coefficient (Wildman–Crippen LogP) is 5.02. The second kappa shape index (κ2) is 6.47. The van der Waals surface area contributed by atoms with Crippen molar-refractivity contribution in [2.45, 2.75) is 38.1 Å². The van der Waals surface area contributed by atoms with Gasteiger partial charge in [0.2, 0.25) is 0 Å². The summed E-state index contributed by atoms with van der Waals surface area (Å²) in [6, 6.07) is 12.5. The first-order valence-corrected chi connectivity index (χ1v) is 10.5. The third kappa shape index (κ3) is 2.65. The standard InChI is InChI=1S/C23H22N2O2S/c1-12-10-18(26)19(20-17-8-9-28-22(17)23(27)25-21(12)20)14-4-2-13(3-5-14)15-6-7-16(24)11-15/h2-5,8-10,15-16,26H,6-7,11,24H2,1H3,(H,25,27). The molecule has 0 spiro atoms. The van der Waals surface area contributed by atoms with Crippen LogP contribution < -0.4 is 11.3 Å². The molecule has 4 aromatic rings. The van der Waals surface area contributed by atoms with Gasteiger partial charge in [-0.25, -0.2) is 0 Å². The number of hydrogen-bond donors (Lipinski definition) is 3. The summed E-state index contributed by atoms with van der Waals surface area (Å²) in [4.78, 5) is 15.5. The predicted molar refractivity (Wildman–Crippen MR) is 116 cm³/mol. The number of rotatable bonds is 2. The van der Waals surface area contributed by atoms with Crippen molar-refractivity contribution in [2.75, 3.05) is 0 Å². The summed E-state index contributed by atoms with van der Waals surface area (Å²) in [5.41, 5.74) is 10.7. The lowest BCUT2D eigenvalue weighted by Gasteiger charge is -2.15. The van der Waals surface area contributed by atoms with Gasteiger partial charge < -0.3 is 15.8 Å². The van der Waals surface area contributed by atoms with E-state index in [1.54, 1.807) is 6.07 Å². The van der Waals surface area contributed by atoms with Crippen molar-refractivity contribution >= 4 is 32.3 Å². The zero-order chi connectivity index (χ0) is 19.4. The SMILES string of the molecule is Cc1cc(O)c(-c2ccc(C3CCC(N)C3)cc2)c2c1[nH]c(=O)c1sccc12. The van der Waals surface area contributed by atoms with E-state index in [9.17, 15) is 9.90 Å². The Balaban J connectivity index is 1.72. The highest BCUT2D eigenvalue weighted by molar-refractivity contribution is 7.17. The van der Waals surface area contributed by atoms with Crippen LogP contribution in [0.25, 0.3) is 32.1 Å². The highest BCUT2D eigenvalue weighted by Gasteiger charge is 2.23. The van der Waals surface area contributed by atoms with E-state index >= 15 is 0 Å². The van der Waals surface area contributed by atoms with Crippen molar-refractivity contribution < 1.29 is 5.11 Å². The number of H-pyrrole nitrogens is 1. The van der Waals surface area contributed by atoms with Gasteiger partial charge in [0.25, 0.3) is 5.56 Å². The Labute approximate surface area is 166 Å². The molecule has 2 aromatic carbocycles. The van der Waals surface area contributed by atoms with E-state index in [0.29, 0.717) is 16.7 Å². The first-order chi connectivity index (χ1) is 13.5.